The lowest BCUT2D eigenvalue weighted by Gasteiger charge is -2.26. The van der Waals surface area contributed by atoms with Crippen LogP contribution >= 0.6 is 0 Å². The fourth-order valence-electron chi connectivity index (χ4n) is 3.81. The standard InChI is InChI=1S/C23H28FN7O2/c1-23(2,33)13-31-12-16(8-28-31)14-4-3-5-15(6-14)19-11-27-21(25)20(30-19)22(32)29-18-7-17(24)9-26-10-18/h3-6,8,11-12,17-18,26,33H,7,9-10,13H2,1-2H3,(H2,25,27)(H,29,32)/t17-,18-/m0/s1. The molecule has 0 unspecified atom stereocenters. The predicted octanol–water partition coefficient (Wildman–Crippen LogP) is 1.79. The van der Waals surface area contributed by atoms with Gasteiger partial charge in [-0.05, 0) is 25.5 Å². The lowest BCUT2D eigenvalue weighted by molar-refractivity contribution is 0.0577. The van der Waals surface area contributed by atoms with Crippen LogP contribution in [0.5, 0.6) is 0 Å². The zero-order chi connectivity index (χ0) is 23.6. The number of aliphatic hydroxyl groups is 1. The summed E-state index contributed by atoms with van der Waals surface area (Å²) in [6, 6.07) is 7.27. The van der Waals surface area contributed by atoms with Gasteiger partial charge in [0.2, 0.25) is 0 Å². The molecule has 3 aromatic rings. The number of nitrogens with two attached hydrogens (primary N) is 1. The van der Waals surface area contributed by atoms with Gasteiger partial charge >= 0.3 is 0 Å². The molecule has 2 atom stereocenters. The third-order valence-corrected chi connectivity index (χ3v) is 5.32. The summed E-state index contributed by atoms with van der Waals surface area (Å²) in [7, 11) is 0. The molecule has 174 valence electrons. The van der Waals surface area contributed by atoms with Crippen LogP contribution in [0, 0.1) is 0 Å². The fourth-order valence-corrected chi connectivity index (χ4v) is 3.81. The molecular formula is C23H28FN7O2. The minimum absolute atomic E-state index is 0.0110. The minimum Gasteiger partial charge on any atom is -0.389 e. The number of rotatable bonds is 6. The molecule has 1 aromatic carbocycles. The number of nitrogens with zero attached hydrogens (tertiary/aromatic N) is 4. The molecule has 1 aliphatic rings. The van der Waals surface area contributed by atoms with Crippen LogP contribution in [0.25, 0.3) is 22.4 Å². The Hall–Kier alpha value is -3.37. The highest BCUT2D eigenvalue weighted by Crippen LogP contribution is 2.26. The monoisotopic (exact) mass is 453 g/mol. The van der Waals surface area contributed by atoms with E-state index >= 15 is 0 Å². The lowest BCUT2D eigenvalue weighted by atomic mass is 10.0. The number of nitrogens with one attached hydrogen (secondary N) is 2. The van der Waals surface area contributed by atoms with Gasteiger partial charge in [0.1, 0.15) is 6.17 Å². The molecule has 0 aliphatic carbocycles. The van der Waals surface area contributed by atoms with Crippen molar-refractivity contribution in [1.82, 2.24) is 30.4 Å². The van der Waals surface area contributed by atoms with E-state index < -0.39 is 17.7 Å². The average Bonchev–Trinajstić information content (AvgIpc) is 3.21. The van der Waals surface area contributed by atoms with Crippen LogP contribution in [0.4, 0.5) is 10.2 Å². The number of anilines is 1. The van der Waals surface area contributed by atoms with Crippen molar-refractivity contribution in [1.29, 1.82) is 0 Å². The number of carbonyl (C=O) groups excluding carboxylic acids is 1. The predicted molar refractivity (Wildman–Crippen MR) is 123 cm³/mol. The highest BCUT2D eigenvalue weighted by atomic mass is 19.1. The number of hydrogen-bond acceptors (Lipinski definition) is 7. The van der Waals surface area contributed by atoms with Gasteiger partial charge in [0.15, 0.2) is 11.5 Å². The number of nitrogen functional groups attached to an aromatic ring is 1. The van der Waals surface area contributed by atoms with Crippen LogP contribution < -0.4 is 16.4 Å². The molecule has 0 bridgehead atoms. The Balaban J connectivity index is 1.56. The average molecular weight is 454 g/mol. The number of carbonyl (C=O) groups is 1. The minimum atomic E-state index is -1.01. The summed E-state index contributed by atoms with van der Waals surface area (Å²) in [5.41, 5.74) is 8.09. The van der Waals surface area contributed by atoms with E-state index in [4.69, 9.17) is 5.73 Å². The van der Waals surface area contributed by atoms with Crippen molar-refractivity contribution in [3.05, 3.63) is 48.5 Å². The van der Waals surface area contributed by atoms with Crippen LogP contribution in [0.3, 0.4) is 0 Å². The van der Waals surface area contributed by atoms with E-state index in [1.807, 2.05) is 30.5 Å². The van der Waals surface area contributed by atoms with Crippen LogP contribution in [0.1, 0.15) is 30.8 Å². The van der Waals surface area contributed by atoms with Gasteiger partial charge in [-0.1, -0.05) is 18.2 Å². The van der Waals surface area contributed by atoms with Gasteiger partial charge in [0.05, 0.1) is 30.2 Å². The summed E-state index contributed by atoms with van der Waals surface area (Å²) in [5.74, 6) is -0.465. The van der Waals surface area contributed by atoms with Gasteiger partial charge in [-0.2, -0.15) is 5.10 Å². The number of aromatic nitrogens is 4. The second-order valence-corrected chi connectivity index (χ2v) is 8.97. The molecule has 1 aliphatic heterocycles. The van der Waals surface area contributed by atoms with Gasteiger partial charge in [0.25, 0.3) is 5.91 Å². The maximum Gasteiger partial charge on any atom is 0.274 e. The third-order valence-electron chi connectivity index (χ3n) is 5.32. The van der Waals surface area contributed by atoms with E-state index in [-0.39, 0.29) is 30.5 Å². The van der Waals surface area contributed by atoms with Crippen molar-refractivity contribution in [2.24, 2.45) is 0 Å². The summed E-state index contributed by atoms with van der Waals surface area (Å²) in [6.45, 7) is 4.60. The molecule has 0 spiro atoms. The maximum absolute atomic E-state index is 13.6. The van der Waals surface area contributed by atoms with E-state index in [1.165, 1.54) is 6.20 Å². The van der Waals surface area contributed by atoms with Crippen molar-refractivity contribution in [3.63, 3.8) is 0 Å². The molecular weight excluding hydrogens is 425 g/mol. The number of hydrogen-bond donors (Lipinski definition) is 4. The Kier molecular flexibility index (Phi) is 6.39. The third kappa shape index (κ3) is 5.71. The Morgan fingerprint density at radius 3 is 2.85 bits per heavy atom. The van der Waals surface area contributed by atoms with Gasteiger partial charge in [-0.15, -0.1) is 0 Å². The Morgan fingerprint density at radius 2 is 2.09 bits per heavy atom. The summed E-state index contributed by atoms with van der Waals surface area (Å²) < 4.78 is 15.3. The molecule has 3 heterocycles. The summed E-state index contributed by atoms with van der Waals surface area (Å²) in [6.07, 6.45) is 4.35. The first-order valence-electron chi connectivity index (χ1n) is 10.8. The first kappa shape index (κ1) is 22.8. The SMILES string of the molecule is CC(C)(O)Cn1cc(-c2cccc(-c3cnc(N)c(C(=O)N[C@@H]4CNC[C@@H](F)C4)n3)c2)cn1. The van der Waals surface area contributed by atoms with Gasteiger partial charge in [-0.3, -0.25) is 9.48 Å². The number of halogens is 1. The second-order valence-electron chi connectivity index (χ2n) is 8.97. The first-order valence-corrected chi connectivity index (χ1v) is 10.8. The van der Waals surface area contributed by atoms with Crippen molar-refractivity contribution < 1.29 is 14.3 Å². The van der Waals surface area contributed by atoms with E-state index in [0.717, 1.165) is 16.7 Å². The molecule has 9 nitrogen and oxygen atoms in total. The zero-order valence-electron chi connectivity index (χ0n) is 18.6. The largest absolute Gasteiger partial charge is 0.389 e. The molecule has 1 amide bonds. The smallest absolute Gasteiger partial charge is 0.274 e. The molecule has 33 heavy (non-hydrogen) atoms. The van der Waals surface area contributed by atoms with E-state index in [1.54, 1.807) is 24.7 Å². The van der Waals surface area contributed by atoms with Crippen LogP contribution in [0.15, 0.2) is 42.9 Å². The molecule has 2 aromatic heterocycles. The van der Waals surface area contributed by atoms with E-state index in [2.05, 4.69) is 25.7 Å². The summed E-state index contributed by atoms with van der Waals surface area (Å²) in [5, 5.41) is 20.1. The van der Waals surface area contributed by atoms with Crippen LogP contribution in [-0.2, 0) is 6.54 Å². The molecule has 1 saturated heterocycles. The van der Waals surface area contributed by atoms with Crippen molar-refractivity contribution in [2.75, 3.05) is 18.8 Å². The Morgan fingerprint density at radius 1 is 1.30 bits per heavy atom. The molecule has 0 radical (unpaired) electrons. The Labute approximate surface area is 191 Å². The number of alkyl halides is 1. The first-order chi connectivity index (χ1) is 15.7. The molecule has 0 saturated carbocycles. The number of benzene rings is 1. The summed E-state index contributed by atoms with van der Waals surface area (Å²) >= 11 is 0. The maximum atomic E-state index is 13.6. The molecule has 1 fully saturated rings. The van der Waals surface area contributed by atoms with Gasteiger partial charge in [0, 0.05) is 42.9 Å². The highest BCUT2D eigenvalue weighted by molar-refractivity contribution is 5.97. The number of amides is 1. The van der Waals surface area contributed by atoms with E-state index in [0.29, 0.717) is 18.8 Å². The van der Waals surface area contributed by atoms with Gasteiger partial charge in [-0.25, -0.2) is 14.4 Å². The highest BCUT2D eigenvalue weighted by Gasteiger charge is 2.24. The summed E-state index contributed by atoms with van der Waals surface area (Å²) in [4.78, 5) is 21.4. The van der Waals surface area contributed by atoms with Crippen molar-refractivity contribution in [2.45, 2.75) is 44.6 Å². The van der Waals surface area contributed by atoms with Crippen LogP contribution in [0.2, 0.25) is 0 Å². The topological polar surface area (TPSA) is 131 Å². The molecule has 4 rings (SSSR count). The van der Waals surface area contributed by atoms with Crippen molar-refractivity contribution in [3.8, 4) is 22.4 Å². The Bertz CT molecular complexity index is 1140. The fraction of sp³-hybridized carbons (Fsp3) is 0.391. The van der Waals surface area contributed by atoms with Crippen molar-refractivity contribution >= 4 is 11.7 Å². The normalized spacial score (nSPS) is 18.8. The zero-order valence-corrected chi connectivity index (χ0v) is 18.6. The second kappa shape index (κ2) is 9.24. The van der Waals surface area contributed by atoms with Crippen LogP contribution in [-0.4, -0.2) is 61.7 Å². The van der Waals surface area contributed by atoms with E-state index in [9.17, 15) is 14.3 Å². The number of piperidine rings is 1. The molecule has 5 N–H and O–H groups in total. The quantitative estimate of drug-likeness (QED) is 0.447. The molecule has 10 heteroatoms. The lowest BCUT2D eigenvalue weighted by Crippen LogP contribution is -2.49. The van der Waals surface area contributed by atoms with Gasteiger partial charge < -0.3 is 21.5 Å².